The number of rotatable bonds is 2. The largest absolute Gasteiger partial charge is 0.299 e. The lowest BCUT2D eigenvalue weighted by Crippen LogP contribution is -1.80. The van der Waals surface area contributed by atoms with Crippen molar-refractivity contribution in [1.29, 1.82) is 0 Å². The van der Waals surface area contributed by atoms with Crippen LogP contribution in [0, 0.1) is 0 Å². The van der Waals surface area contributed by atoms with Crippen LogP contribution in [-0.2, 0) is 4.79 Å². The molecule has 0 spiro atoms. The Hall–Kier alpha value is -1.96. The first kappa shape index (κ1) is 8.63. The molecule has 2 aromatic rings. The molecule has 0 amide bonds. The van der Waals surface area contributed by atoms with E-state index in [1.165, 1.54) is 6.08 Å². The van der Waals surface area contributed by atoms with Gasteiger partial charge in [-0.25, -0.2) is 0 Å². The second-order valence-electron chi connectivity index (χ2n) is 2.95. The third-order valence-corrected chi connectivity index (χ3v) is 2.05. The molecule has 0 unspecified atom stereocenters. The zero-order chi connectivity index (χ0) is 9.80. The molecule has 14 heavy (non-hydrogen) atoms. The number of hydrogen-bond donors (Lipinski definition) is 0. The quantitative estimate of drug-likeness (QED) is 0.528. The minimum atomic E-state index is 0.766. The van der Waals surface area contributed by atoms with Crippen molar-refractivity contribution in [2.75, 3.05) is 0 Å². The van der Waals surface area contributed by atoms with E-state index in [4.69, 9.17) is 0 Å². The molecule has 0 saturated heterocycles. The lowest BCUT2D eigenvalue weighted by atomic mass is 10.1. The third-order valence-electron chi connectivity index (χ3n) is 2.05. The number of fused-ring (bicyclic) bond motifs is 1. The van der Waals surface area contributed by atoms with Gasteiger partial charge in [-0.15, -0.1) is 0 Å². The lowest BCUT2D eigenvalue weighted by molar-refractivity contribution is -0.104. The normalized spacial score (nSPS) is 10.9. The van der Waals surface area contributed by atoms with Gasteiger partial charge in [-0.1, -0.05) is 24.3 Å². The smallest absolute Gasteiger partial charge is 0.142 e. The maximum atomic E-state index is 10.2. The van der Waals surface area contributed by atoms with Crippen molar-refractivity contribution in [3.63, 3.8) is 0 Å². The highest BCUT2D eigenvalue weighted by Crippen LogP contribution is 2.17. The van der Waals surface area contributed by atoms with Crippen LogP contribution < -0.4 is 0 Å². The van der Waals surface area contributed by atoms with E-state index in [0.717, 1.165) is 22.6 Å². The molecule has 2 heteroatoms. The topological polar surface area (TPSA) is 30.0 Å². The lowest BCUT2D eigenvalue weighted by Gasteiger charge is -1.99. The van der Waals surface area contributed by atoms with Gasteiger partial charge in [0.1, 0.15) is 6.29 Å². The van der Waals surface area contributed by atoms with Crippen LogP contribution in [-0.4, -0.2) is 11.3 Å². The Labute approximate surface area is 81.9 Å². The molecule has 0 fully saturated rings. The van der Waals surface area contributed by atoms with E-state index < -0.39 is 0 Å². The number of carbonyl (C=O) groups is 1. The Morgan fingerprint density at radius 1 is 1.14 bits per heavy atom. The van der Waals surface area contributed by atoms with E-state index in [1.807, 2.05) is 30.5 Å². The monoisotopic (exact) mass is 183 g/mol. The maximum absolute atomic E-state index is 10.2. The van der Waals surface area contributed by atoms with E-state index in [2.05, 4.69) is 4.98 Å². The van der Waals surface area contributed by atoms with Crippen molar-refractivity contribution >= 4 is 23.1 Å². The summed E-state index contributed by atoms with van der Waals surface area (Å²) < 4.78 is 0. The number of allylic oxidation sites excluding steroid dienone is 1. The van der Waals surface area contributed by atoms with E-state index >= 15 is 0 Å². The van der Waals surface area contributed by atoms with Crippen LogP contribution in [0.3, 0.4) is 0 Å². The van der Waals surface area contributed by atoms with Crippen LogP contribution in [0.25, 0.3) is 16.8 Å². The zero-order valence-corrected chi connectivity index (χ0v) is 7.55. The molecule has 2 nitrogen and oxygen atoms in total. The molecule has 0 saturated carbocycles. The van der Waals surface area contributed by atoms with Crippen LogP contribution in [0.1, 0.15) is 5.56 Å². The summed E-state index contributed by atoms with van der Waals surface area (Å²) in [4.78, 5) is 14.3. The number of nitrogens with zero attached hydrogens (tertiary/aromatic N) is 1. The van der Waals surface area contributed by atoms with Gasteiger partial charge in [0.25, 0.3) is 0 Å². The first-order chi connectivity index (χ1) is 6.92. The predicted molar refractivity (Wildman–Crippen MR) is 56.8 cm³/mol. The first-order valence-electron chi connectivity index (χ1n) is 4.36. The van der Waals surface area contributed by atoms with Crippen molar-refractivity contribution in [3.05, 3.63) is 48.3 Å². The van der Waals surface area contributed by atoms with Crippen LogP contribution in [0.4, 0.5) is 0 Å². The van der Waals surface area contributed by atoms with Crippen molar-refractivity contribution in [3.8, 4) is 0 Å². The summed E-state index contributed by atoms with van der Waals surface area (Å²) in [5.74, 6) is 0. The van der Waals surface area contributed by atoms with Gasteiger partial charge in [0.15, 0.2) is 0 Å². The van der Waals surface area contributed by atoms with Crippen molar-refractivity contribution in [1.82, 2.24) is 4.98 Å². The average Bonchev–Trinajstić information content (AvgIpc) is 2.26. The fourth-order valence-electron chi connectivity index (χ4n) is 1.42. The summed E-state index contributed by atoms with van der Waals surface area (Å²) in [6.45, 7) is 0. The highest BCUT2D eigenvalue weighted by molar-refractivity contribution is 5.91. The van der Waals surface area contributed by atoms with Crippen molar-refractivity contribution in [2.24, 2.45) is 0 Å². The van der Waals surface area contributed by atoms with Crippen LogP contribution in [0.2, 0.25) is 0 Å². The fourth-order valence-corrected chi connectivity index (χ4v) is 1.42. The molecule has 0 bridgehead atoms. The van der Waals surface area contributed by atoms with Gasteiger partial charge in [0, 0.05) is 23.3 Å². The van der Waals surface area contributed by atoms with Gasteiger partial charge in [-0.3, -0.25) is 9.78 Å². The summed E-state index contributed by atoms with van der Waals surface area (Å²) in [6, 6.07) is 7.96. The second-order valence-corrected chi connectivity index (χ2v) is 2.95. The summed E-state index contributed by atoms with van der Waals surface area (Å²) in [5, 5.41) is 2.20. The third kappa shape index (κ3) is 1.55. The zero-order valence-electron chi connectivity index (χ0n) is 7.55. The van der Waals surface area contributed by atoms with Crippen molar-refractivity contribution < 1.29 is 4.79 Å². The van der Waals surface area contributed by atoms with Gasteiger partial charge < -0.3 is 0 Å². The predicted octanol–water partition coefficient (Wildman–Crippen LogP) is 2.45. The summed E-state index contributed by atoms with van der Waals surface area (Å²) in [5.41, 5.74) is 0.968. The highest BCUT2D eigenvalue weighted by atomic mass is 16.1. The molecule has 1 heterocycles. The van der Waals surface area contributed by atoms with E-state index in [-0.39, 0.29) is 0 Å². The number of aromatic nitrogens is 1. The first-order valence-corrected chi connectivity index (χ1v) is 4.36. The minimum Gasteiger partial charge on any atom is -0.299 e. The molecule has 0 aliphatic carbocycles. The summed E-state index contributed by atoms with van der Waals surface area (Å²) in [6.07, 6.45) is 7.57. The average molecular weight is 183 g/mol. The van der Waals surface area contributed by atoms with Gasteiger partial charge in [-0.2, -0.15) is 0 Å². The van der Waals surface area contributed by atoms with E-state index in [0.29, 0.717) is 0 Å². The molecule has 0 aliphatic rings. The van der Waals surface area contributed by atoms with Crippen molar-refractivity contribution in [2.45, 2.75) is 0 Å². The molecule has 0 aliphatic heterocycles. The molecule has 2 rings (SSSR count). The minimum absolute atomic E-state index is 0.766. The van der Waals surface area contributed by atoms with Gasteiger partial charge >= 0.3 is 0 Å². The van der Waals surface area contributed by atoms with Gasteiger partial charge in [0.2, 0.25) is 0 Å². The number of hydrogen-bond acceptors (Lipinski definition) is 2. The molecule has 1 aromatic heterocycles. The number of carbonyl (C=O) groups excluding carboxylic acids is 1. The Kier molecular flexibility index (Phi) is 2.36. The maximum Gasteiger partial charge on any atom is 0.142 e. The molecule has 0 N–H and O–H groups in total. The van der Waals surface area contributed by atoms with Crippen LogP contribution >= 0.6 is 0 Å². The Balaban J connectivity index is 2.64. The number of benzene rings is 1. The number of pyridine rings is 1. The van der Waals surface area contributed by atoms with E-state index in [1.54, 1.807) is 12.3 Å². The SMILES string of the molecule is O=C/C=C/c1cncc2ccccc12. The Morgan fingerprint density at radius 3 is 2.86 bits per heavy atom. The molecular formula is C12H9NO. The van der Waals surface area contributed by atoms with Crippen LogP contribution in [0.5, 0.6) is 0 Å². The molecule has 0 radical (unpaired) electrons. The van der Waals surface area contributed by atoms with Gasteiger partial charge in [0.05, 0.1) is 0 Å². The number of aldehydes is 1. The van der Waals surface area contributed by atoms with Gasteiger partial charge in [-0.05, 0) is 17.5 Å². The van der Waals surface area contributed by atoms with Crippen LogP contribution in [0.15, 0.2) is 42.7 Å². The van der Waals surface area contributed by atoms with E-state index in [9.17, 15) is 4.79 Å². The Morgan fingerprint density at radius 2 is 2.00 bits per heavy atom. The fraction of sp³-hybridized carbons (Fsp3) is 0. The molecular weight excluding hydrogens is 174 g/mol. The standard InChI is InChI=1S/C12H9NO/c14-7-3-5-11-9-13-8-10-4-1-2-6-12(10)11/h1-9H/b5-3+. The Bertz CT molecular complexity index is 483. The molecule has 1 aromatic carbocycles. The second kappa shape index (κ2) is 3.83. The summed E-state index contributed by atoms with van der Waals surface area (Å²) in [7, 11) is 0. The highest BCUT2D eigenvalue weighted by Gasteiger charge is 1.96. The molecule has 0 atom stereocenters. The molecule has 68 valence electrons. The summed E-state index contributed by atoms with van der Waals surface area (Å²) >= 11 is 0.